The third-order valence-corrected chi connectivity index (χ3v) is 2.32. The van der Waals surface area contributed by atoms with E-state index in [2.05, 4.69) is 17.3 Å². The number of likely N-dealkylation sites (N-methyl/N-ethyl adjacent to an activating group) is 1. The molecule has 1 aliphatic carbocycles. The standard InChI is InChI=1S/C5H12N2.C4H7NO/c1-7-4-2-6-3-5-7;5-4(6)3-1-2-3/h6H,2-5H2,1H3;3H,1-2H2,(H2,5,6). The molecule has 0 bridgehead atoms. The highest BCUT2D eigenvalue weighted by Gasteiger charge is 2.26. The normalized spacial score (nSPS) is 23.2. The van der Waals surface area contributed by atoms with E-state index in [1.807, 2.05) is 0 Å². The van der Waals surface area contributed by atoms with E-state index in [1.54, 1.807) is 0 Å². The predicted molar refractivity (Wildman–Crippen MR) is 52.3 cm³/mol. The van der Waals surface area contributed by atoms with Gasteiger partial charge in [-0.15, -0.1) is 0 Å². The second-order valence-electron chi connectivity index (χ2n) is 3.73. The summed E-state index contributed by atoms with van der Waals surface area (Å²) in [5, 5.41) is 3.27. The summed E-state index contributed by atoms with van der Waals surface area (Å²) in [5.41, 5.74) is 4.86. The van der Waals surface area contributed by atoms with E-state index in [-0.39, 0.29) is 11.8 Å². The molecule has 0 radical (unpaired) electrons. The lowest BCUT2D eigenvalue weighted by atomic mass is 10.4. The van der Waals surface area contributed by atoms with Gasteiger partial charge in [-0.2, -0.15) is 0 Å². The quantitative estimate of drug-likeness (QED) is 0.573. The van der Waals surface area contributed by atoms with Crippen LogP contribution in [0.3, 0.4) is 0 Å². The first-order chi connectivity index (χ1) is 6.20. The van der Waals surface area contributed by atoms with Gasteiger partial charge in [-0.25, -0.2) is 0 Å². The number of piperazine rings is 1. The number of primary amides is 1. The molecular formula is C9H19N3O. The maximum atomic E-state index is 9.98. The van der Waals surface area contributed by atoms with Crippen molar-refractivity contribution in [2.75, 3.05) is 33.2 Å². The zero-order chi connectivity index (χ0) is 9.68. The van der Waals surface area contributed by atoms with E-state index in [0.29, 0.717) is 0 Å². The fourth-order valence-corrected chi connectivity index (χ4v) is 1.14. The van der Waals surface area contributed by atoms with Crippen LogP contribution in [-0.4, -0.2) is 44.0 Å². The topological polar surface area (TPSA) is 58.4 Å². The van der Waals surface area contributed by atoms with Gasteiger partial charge in [0, 0.05) is 32.1 Å². The monoisotopic (exact) mass is 185 g/mol. The Morgan fingerprint density at radius 1 is 1.38 bits per heavy atom. The van der Waals surface area contributed by atoms with Gasteiger partial charge in [0.15, 0.2) is 0 Å². The van der Waals surface area contributed by atoms with Gasteiger partial charge in [0.2, 0.25) is 5.91 Å². The van der Waals surface area contributed by atoms with Crippen LogP contribution in [0.2, 0.25) is 0 Å². The molecule has 0 aromatic heterocycles. The first-order valence-corrected chi connectivity index (χ1v) is 4.88. The van der Waals surface area contributed by atoms with Crippen molar-refractivity contribution in [3.8, 4) is 0 Å². The molecule has 0 atom stereocenters. The van der Waals surface area contributed by atoms with Crippen molar-refractivity contribution in [3.63, 3.8) is 0 Å². The molecule has 13 heavy (non-hydrogen) atoms. The summed E-state index contributed by atoms with van der Waals surface area (Å²) < 4.78 is 0. The Morgan fingerprint density at radius 3 is 2.08 bits per heavy atom. The highest BCUT2D eigenvalue weighted by atomic mass is 16.1. The third kappa shape index (κ3) is 4.85. The third-order valence-electron chi connectivity index (χ3n) is 2.32. The minimum absolute atomic E-state index is 0.130. The Bertz CT molecular complexity index is 162. The maximum absolute atomic E-state index is 9.98. The SMILES string of the molecule is CN1CCNCC1.NC(=O)C1CC1. The number of carbonyl (C=O) groups excluding carboxylic acids is 1. The highest BCUT2D eigenvalue weighted by molar-refractivity contribution is 5.78. The van der Waals surface area contributed by atoms with Gasteiger partial charge in [0.25, 0.3) is 0 Å². The largest absolute Gasteiger partial charge is 0.369 e. The molecule has 3 N–H and O–H groups in total. The van der Waals surface area contributed by atoms with Crippen LogP contribution in [0.1, 0.15) is 12.8 Å². The van der Waals surface area contributed by atoms with Crippen LogP contribution in [0, 0.1) is 5.92 Å². The molecule has 1 saturated carbocycles. The lowest BCUT2D eigenvalue weighted by molar-refractivity contribution is -0.119. The average molecular weight is 185 g/mol. The Morgan fingerprint density at radius 2 is 1.92 bits per heavy atom. The fourth-order valence-electron chi connectivity index (χ4n) is 1.14. The summed E-state index contributed by atoms with van der Waals surface area (Å²) in [6.07, 6.45) is 2.05. The minimum atomic E-state index is -0.130. The van der Waals surface area contributed by atoms with Crippen LogP contribution in [0.5, 0.6) is 0 Å². The highest BCUT2D eigenvalue weighted by Crippen LogP contribution is 2.27. The number of hydrogen-bond acceptors (Lipinski definition) is 3. The van der Waals surface area contributed by atoms with Gasteiger partial charge in [0.1, 0.15) is 0 Å². The summed E-state index contributed by atoms with van der Waals surface area (Å²) in [7, 11) is 2.15. The molecule has 2 aliphatic rings. The van der Waals surface area contributed by atoms with Crippen molar-refractivity contribution >= 4 is 5.91 Å². The smallest absolute Gasteiger partial charge is 0.220 e. The number of nitrogens with zero attached hydrogens (tertiary/aromatic N) is 1. The van der Waals surface area contributed by atoms with Gasteiger partial charge < -0.3 is 16.0 Å². The lowest BCUT2D eigenvalue weighted by Gasteiger charge is -2.21. The number of carbonyl (C=O) groups is 1. The molecule has 4 heteroatoms. The van der Waals surface area contributed by atoms with E-state index >= 15 is 0 Å². The predicted octanol–water partition coefficient (Wildman–Crippen LogP) is -0.597. The second kappa shape index (κ2) is 5.19. The van der Waals surface area contributed by atoms with Crippen LogP contribution in [-0.2, 0) is 4.79 Å². The van der Waals surface area contributed by atoms with Crippen molar-refractivity contribution in [1.29, 1.82) is 0 Å². The molecule has 1 heterocycles. The van der Waals surface area contributed by atoms with Gasteiger partial charge >= 0.3 is 0 Å². The molecule has 2 rings (SSSR count). The Labute approximate surface area is 79.5 Å². The summed E-state index contributed by atoms with van der Waals surface area (Å²) in [5.74, 6) is 0.111. The molecule has 2 fully saturated rings. The van der Waals surface area contributed by atoms with E-state index in [9.17, 15) is 4.79 Å². The van der Waals surface area contributed by atoms with E-state index in [4.69, 9.17) is 5.73 Å². The Balaban J connectivity index is 0.000000132. The summed E-state index contributed by atoms with van der Waals surface area (Å²) >= 11 is 0. The molecule has 0 spiro atoms. The van der Waals surface area contributed by atoms with E-state index in [1.165, 1.54) is 13.1 Å². The first-order valence-electron chi connectivity index (χ1n) is 4.88. The van der Waals surface area contributed by atoms with Crippen LogP contribution < -0.4 is 11.1 Å². The number of hydrogen-bond donors (Lipinski definition) is 2. The van der Waals surface area contributed by atoms with Gasteiger partial charge in [-0.3, -0.25) is 4.79 Å². The van der Waals surface area contributed by atoms with Crippen molar-refractivity contribution in [3.05, 3.63) is 0 Å². The van der Waals surface area contributed by atoms with Crippen molar-refractivity contribution in [2.45, 2.75) is 12.8 Å². The van der Waals surface area contributed by atoms with E-state index < -0.39 is 0 Å². The number of nitrogens with one attached hydrogen (secondary N) is 1. The molecule has 1 amide bonds. The van der Waals surface area contributed by atoms with Crippen molar-refractivity contribution < 1.29 is 4.79 Å². The molecule has 0 aromatic carbocycles. The number of rotatable bonds is 1. The van der Waals surface area contributed by atoms with Crippen LogP contribution in [0.4, 0.5) is 0 Å². The Hall–Kier alpha value is -0.610. The average Bonchev–Trinajstić information content (AvgIpc) is 2.88. The second-order valence-corrected chi connectivity index (χ2v) is 3.73. The van der Waals surface area contributed by atoms with Crippen LogP contribution in [0.15, 0.2) is 0 Å². The molecule has 0 aromatic rings. The first kappa shape index (κ1) is 10.5. The van der Waals surface area contributed by atoms with Gasteiger partial charge in [-0.05, 0) is 19.9 Å². The van der Waals surface area contributed by atoms with Gasteiger partial charge in [-0.1, -0.05) is 0 Å². The Kier molecular flexibility index (Phi) is 4.18. The summed E-state index contributed by atoms with van der Waals surface area (Å²) in [4.78, 5) is 12.3. The molecule has 1 aliphatic heterocycles. The maximum Gasteiger partial charge on any atom is 0.220 e. The minimum Gasteiger partial charge on any atom is -0.369 e. The number of amides is 1. The zero-order valence-electron chi connectivity index (χ0n) is 8.25. The molecule has 4 nitrogen and oxygen atoms in total. The number of nitrogens with two attached hydrogens (primary N) is 1. The molecular weight excluding hydrogens is 166 g/mol. The fraction of sp³-hybridized carbons (Fsp3) is 0.889. The molecule has 76 valence electrons. The molecule has 1 saturated heterocycles. The summed E-state index contributed by atoms with van der Waals surface area (Å²) in [6.45, 7) is 4.74. The van der Waals surface area contributed by atoms with Crippen molar-refractivity contribution in [1.82, 2.24) is 10.2 Å². The van der Waals surface area contributed by atoms with Crippen LogP contribution in [0.25, 0.3) is 0 Å². The summed E-state index contributed by atoms with van der Waals surface area (Å²) in [6, 6.07) is 0. The molecule has 0 unspecified atom stereocenters. The van der Waals surface area contributed by atoms with E-state index in [0.717, 1.165) is 25.9 Å². The van der Waals surface area contributed by atoms with Crippen molar-refractivity contribution in [2.24, 2.45) is 11.7 Å². The van der Waals surface area contributed by atoms with Crippen LogP contribution >= 0.6 is 0 Å². The van der Waals surface area contributed by atoms with Gasteiger partial charge in [0.05, 0.1) is 0 Å². The lowest BCUT2D eigenvalue weighted by Crippen LogP contribution is -2.40. The zero-order valence-corrected chi connectivity index (χ0v) is 8.25.